The summed E-state index contributed by atoms with van der Waals surface area (Å²) in [5, 5.41) is 5.11. The zero-order chi connectivity index (χ0) is 13.5. The number of nitrogens with one attached hydrogen (secondary N) is 2. The molecule has 2 amide bonds. The molecule has 0 fully saturated rings. The number of methoxy groups -OCH3 is 1. The maximum atomic E-state index is 11.6. The molecule has 1 atom stereocenters. The second-order valence-electron chi connectivity index (χ2n) is 3.85. The summed E-state index contributed by atoms with van der Waals surface area (Å²) in [4.78, 5) is 26.6. The SMILES string of the molecule is COC(=O)NC(C)C(=O)NCCc1nccn1C. The van der Waals surface area contributed by atoms with Crippen LogP contribution in [0.15, 0.2) is 12.4 Å². The largest absolute Gasteiger partial charge is 0.453 e. The van der Waals surface area contributed by atoms with E-state index in [2.05, 4.69) is 20.4 Å². The van der Waals surface area contributed by atoms with E-state index in [1.165, 1.54) is 7.11 Å². The maximum absolute atomic E-state index is 11.6. The van der Waals surface area contributed by atoms with E-state index in [1.807, 2.05) is 17.8 Å². The third-order valence-electron chi connectivity index (χ3n) is 2.48. The highest BCUT2D eigenvalue weighted by molar-refractivity contribution is 5.85. The molecule has 0 bridgehead atoms. The first-order valence-corrected chi connectivity index (χ1v) is 5.63. The van der Waals surface area contributed by atoms with Crippen LogP contribution < -0.4 is 10.6 Å². The molecule has 18 heavy (non-hydrogen) atoms. The summed E-state index contributed by atoms with van der Waals surface area (Å²) >= 11 is 0. The van der Waals surface area contributed by atoms with Gasteiger partial charge in [-0.1, -0.05) is 0 Å². The van der Waals surface area contributed by atoms with Crippen molar-refractivity contribution in [2.75, 3.05) is 13.7 Å². The Hall–Kier alpha value is -2.05. The molecule has 7 heteroatoms. The second kappa shape index (κ2) is 6.63. The van der Waals surface area contributed by atoms with Crippen molar-refractivity contribution >= 4 is 12.0 Å². The van der Waals surface area contributed by atoms with Gasteiger partial charge in [0, 0.05) is 32.4 Å². The number of imidazole rings is 1. The highest BCUT2D eigenvalue weighted by atomic mass is 16.5. The molecular weight excluding hydrogens is 236 g/mol. The van der Waals surface area contributed by atoms with E-state index in [1.54, 1.807) is 13.1 Å². The van der Waals surface area contributed by atoms with Crippen LogP contribution in [0.25, 0.3) is 0 Å². The van der Waals surface area contributed by atoms with Crippen LogP contribution in [-0.2, 0) is 23.0 Å². The van der Waals surface area contributed by atoms with Gasteiger partial charge in [-0.05, 0) is 6.92 Å². The van der Waals surface area contributed by atoms with Gasteiger partial charge < -0.3 is 19.9 Å². The molecule has 1 aromatic heterocycles. The number of aryl methyl sites for hydroxylation is 1. The zero-order valence-electron chi connectivity index (χ0n) is 10.8. The Kier molecular flexibility index (Phi) is 5.16. The minimum Gasteiger partial charge on any atom is -0.453 e. The third kappa shape index (κ3) is 4.08. The van der Waals surface area contributed by atoms with E-state index >= 15 is 0 Å². The van der Waals surface area contributed by atoms with Crippen molar-refractivity contribution in [1.82, 2.24) is 20.2 Å². The topological polar surface area (TPSA) is 85.2 Å². The van der Waals surface area contributed by atoms with Crippen LogP contribution in [0.1, 0.15) is 12.7 Å². The van der Waals surface area contributed by atoms with Crippen molar-refractivity contribution in [1.29, 1.82) is 0 Å². The Balaban J connectivity index is 2.29. The van der Waals surface area contributed by atoms with Crippen LogP contribution in [0.5, 0.6) is 0 Å². The summed E-state index contributed by atoms with van der Waals surface area (Å²) < 4.78 is 6.30. The van der Waals surface area contributed by atoms with Gasteiger partial charge in [0.1, 0.15) is 11.9 Å². The number of amides is 2. The minimum atomic E-state index is -0.626. The molecule has 0 spiro atoms. The zero-order valence-corrected chi connectivity index (χ0v) is 10.8. The number of alkyl carbamates (subject to hydrolysis) is 1. The molecule has 1 unspecified atom stereocenters. The molecule has 0 aliphatic rings. The fraction of sp³-hybridized carbons (Fsp3) is 0.545. The molecular formula is C11H18N4O3. The number of hydrogen-bond acceptors (Lipinski definition) is 4. The summed E-state index contributed by atoms with van der Waals surface area (Å²) in [6.45, 7) is 2.06. The lowest BCUT2D eigenvalue weighted by Gasteiger charge is -2.12. The van der Waals surface area contributed by atoms with Crippen molar-refractivity contribution in [2.45, 2.75) is 19.4 Å². The van der Waals surface area contributed by atoms with E-state index in [0.717, 1.165) is 5.82 Å². The van der Waals surface area contributed by atoms with E-state index in [-0.39, 0.29) is 5.91 Å². The summed E-state index contributed by atoms with van der Waals surface area (Å²) in [5.41, 5.74) is 0. The fourth-order valence-electron chi connectivity index (χ4n) is 1.39. The standard InChI is InChI=1S/C11H18N4O3/c1-8(14-11(17)18-3)10(16)13-5-4-9-12-6-7-15(9)2/h6-8H,4-5H2,1-3H3,(H,13,16)(H,14,17). The number of carbonyl (C=O) groups excluding carboxylic acids is 2. The second-order valence-corrected chi connectivity index (χ2v) is 3.85. The molecule has 0 saturated carbocycles. The lowest BCUT2D eigenvalue weighted by atomic mass is 10.3. The molecule has 0 aliphatic carbocycles. The Bertz CT molecular complexity index is 416. The van der Waals surface area contributed by atoms with Crippen LogP contribution in [0.3, 0.4) is 0 Å². The maximum Gasteiger partial charge on any atom is 0.407 e. The molecule has 0 aromatic carbocycles. The number of nitrogens with zero attached hydrogens (tertiary/aromatic N) is 2. The summed E-state index contributed by atoms with van der Waals surface area (Å²) in [6.07, 6.45) is 3.57. The number of ether oxygens (including phenoxy) is 1. The van der Waals surface area contributed by atoms with Crippen molar-refractivity contribution in [2.24, 2.45) is 7.05 Å². The molecule has 1 rings (SSSR count). The lowest BCUT2D eigenvalue weighted by Crippen LogP contribution is -2.45. The van der Waals surface area contributed by atoms with Gasteiger partial charge in [-0.2, -0.15) is 0 Å². The molecule has 7 nitrogen and oxygen atoms in total. The summed E-state index contributed by atoms with van der Waals surface area (Å²) in [6, 6.07) is -0.626. The Morgan fingerprint density at radius 1 is 1.56 bits per heavy atom. The minimum absolute atomic E-state index is 0.255. The Morgan fingerprint density at radius 2 is 2.28 bits per heavy atom. The summed E-state index contributed by atoms with van der Waals surface area (Å²) in [5.74, 6) is 0.637. The van der Waals surface area contributed by atoms with E-state index < -0.39 is 12.1 Å². The van der Waals surface area contributed by atoms with Crippen LogP contribution in [-0.4, -0.2) is 41.2 Å². The van der Waals surface area contributed by atoms with Gasteiger partial charge in [0.25, 0.3) is 0 Å². The average molecular weight is 254 g/mol. The Labute approximate surface area is 106 Å². The third-order valence-corrected chi connectivity index (χ3v) is 2.48. The summed E-state index contributed by atoms with van der Waals surface area (Å²) in [7, 11) is 3.15. The highest BCUT2D eigenvalue weighted by Gasteiger charge is 2.15. The van der Waals surface area contributed by atoms with Crippen LogP contribution in [0.4, 0.5) is 4.79 Å². The van der Waals surface area contributed by atoms with Gasteiger partial charge in [0.05, 0.1) is 7.11 Å². The average Bonchev–Trinajstić information content (AvgIpc) is 2.74. The normalized spacial score (nSPS) is 11.7. The van der Waals surface area contributed by atoms with Gasteiger partial charge >= 0.3 is 6.09 Å². The first-order valence-electron chi connectivity index (χ1n) is 5.63. The monoisotopic (exact) mass is 254 g/mol. The van der Waals surface area contributed by atoms with Gasteiger partial charge in [-0.25, -0.2) is 9.78 Å². The number of aromatic nitrogens is 2. The Morgan fingerprint density at radius 3 is 2.83 bits per heavy atom. The number of hydrogen-bond donors (Lipinski definition) is 2. The molecule has 0 saturated heterocycles. The first kappa shape index (κ1) is 14.0. The van der Waals surface area contributed by atoms with Gasteiger partial charge in [-0.15, -0.1) is 0 Å². The van der Waals surface area contributed by atoms with E-state index in [0.29, 0.717) is 13.0 Å². The fourth-order valence-corrected chi connectivity index (χ4v) is 1.39. The number of carbonyl (C=O) groups is 2. The van der Waals surface area contributed by atoms with Crippen LogP contribution in [0.2, 0.25) is 0 Å². The van der Waals surface area contributed by atoms with Crippen LogP contribution in [0, 0.1) is 0 Å². The molecule has 1 aromatic rings. The first-order chi connectivity index (χ1) is 8.54. The van der Waals surface area contributed by atoms with Crippen molar-refractivity contribution in [3.63, 3.8) is 0 Å². The van der Waals surface area contributed by atoms with E-state index in [9.17, 15) is 9.59 Å². The van der Waals surface area contributed by atoms with E-state index in [4.69, 9.17) is 0 Å². The van der Waals surface area contributed by atoms with Crippen molar-refractivity contribution in [3.05, 3.63) is 18.2 Å². The predicted molar refractivity (Wildman–Crippen MR) is 64.9 cm³/mol. The molecule has 0 aliphatic heterocycles. The van der Waals surface area contributed by atoms with Gasteiger partial charge in [0.2, 0.25) is 5.91 Å². The molecule has 1 heterocycles. The predicted octanol–water partition coefficient (Wildman–Crippen LogP) is -0.177. The van der Waals surface area contributed by atoms with Gasteiger partial charge in [0.15, 0.2) is 0 Å². The quantitative estimate of drug-likeness (QED) is 0.763. The van der Waals surface area contributed by atoms with Crippen molar-refractivity contribution < 1.29 is 14.3 Å². The highest BCUT2D eigenvalue weighted by Crippen LogP contribution is 1.94. The number of rotatable bonds is 5. The van der Waals surface area contributed by atoms with Crippen molar-refractivity contribution in [3.8, 4) is 0 Å². The molecule has 2 N–H and O–H groups in total. The molecule has 100 valence electrons. The lowest BCUT2D eigenvalue weighted by molar-refractivity contribution is -0.122. The smallest absolute Gasteiger partial charge is 0.407 e. The molecule has 0 radical (unpaired) electrons. The van der Waals surface area contributed by atoms with Gasteiger partial charge in [-0.3, -0.25) is 4.79 Å². The van der Waals surface area contributed by atoms with Crippen LogP contribution >= 0.6 is 0 Å².